The van der Waals surface area contributed by atoms with Crippen molar-refractivity contribution < 1.29 is 5.11 Å². The summed E-state index contributed by atoms with van der Waals surface area (Å²) in [4.78, 5) is 9.05. The number of pyridine rings is 1. The van der Waals surface area contributed by atoms with E-state index in [2.05, 4.69) is 14.5 Å². The highest BCUT2D eigenvalue weighted by Crippen LogP contribution is 2.27. The number of aromatic nitrogens is 3. The summed E-state index contributed by atoms with van der Waals surface area (Å²) in [6, 6.07) is 3.90. The Morgan fingerprint density at radius 3 is 3.22 bits per heavy atom. The number of fused-ring (bicyclic) bond motifs is 1. The first-order chi connectivity index (χ1) is 8.88. The van der Waals surface area contributed by atoms with Gasteiger partial charge < -0.3 is 9.67 Å². The van der Waals surface area contributed by atoms with Gasteiger partial charge >= 0.3 is 0 Å². The van der Waals surface area contributed by atoms with Gasteiger partial charge in [-0.2, -0.15) is 11.8 Å². The van der Waals surface area contributed by atoms with Gasteiger partial charge in [0.1, 0.15) is 11.3 Å². The minimum atomic E-state index is 0.133. The topological polar surface area (TPSA) is 50.9 Å². The molecule has 1 saturated heterocycles. The van der Waals surface area contributed by atoms with Crippen LogP contribution in [-0.2, 0) is 13.0 Å². The van der Waals surface area contributed by atoms with Crippen LogP contribution in [0.2, 0.25) is 0 Å². The standard InChI is InChI=1S/C13H17N3OS/c17-6-5-16-12(8-10-3-7-18-9-10)15-11-2-1-4-14-13(11)16/h1-2,4,10,17H,3,5-9H2. The summed E-state index contributed by atoms with van der Waals surface area (Å²) in [5, 5.41) is 9.20. The fourth-order valence-electron chi connectivity index (χ4n) is 2.50. The predicted octanol–water partition coefficient (Wildman–Crippen LogP) is 1.72. The summed E-state index contributed by atoms with van der Waals surface area (Å²) in [6.07, 6.45) is 4.07. The van der Waals surface area contributed by atoms with Crippen LogP contribution in [0.4, 0.5) is 0 Å². The molecular weight excluding hydrogens is 246 g/mol. The highest BCUT2D eigenvalue weighted by atomic mass is 32.2. The predicted molar refractivity (Wildman–Crippen MR) is 73.7 cm³/mol. The van der Waals surface area contributed by atoms with Gasteiger partial charge in [-0.25, -0.2) is 9.97 Å². The van der Waals surface area contributed by atoms with Gasteiger partial charge in [0.25, 0.3) is 0 Å². The molecule has 1 atom stereocenters. The normalized spacial score (nSPS) is 19.7. The average molecular weight is 263 g/mol. The Morgan fingerprint density at radius 1 is 1.50 bits per heavy atom. The van der Waals surface area contributed by atoms with Crippen LogP contribution in [0.3, 0.4) is 0 Å². The molecule has 0 radical (unpaired) electrons. The number of aliphatic hydroxyl groups excluding tert-OH is 1. The Morgan fingerprint density at radius 2 is 2.44 bits per heavy atom. The van der Waals surface area contributed by atoms with Crippen molar-refractivity contribution in [2.75, 3.05) is 18.1 Å². The van der Waals surface area contributed by atoms with Crippen LogP contribution in [0.1, 0.15) is 12.2 Å². The number of aliphatic hydroxyl groups is 1. The zero-order valence-electron chi connectivity index (χ0n) is 10.2. The smallest absolute Gasteiger partial charge is 0.160 e. The maximum atomic E-state index is 9.20. The van der Waals surface area contributed by atoms with E-state index in [0.29, 0.717) is 6.54 Å². The highest BCUT2D eigenvalue weighted by Gasteiger charge is 2.20. The second-order valence-electron chi connectivity index (χ2n) is 4.68. The molecule has 0 spiro atoms. The third kappa shape index (κ3) is 2.24. The summed E-state index contributed by atoms with van der Waals surface area (Å²) in [5.74, 6) is 4.30. The third-order valence-corrected chi connectivity index (χ3v) is 4.63. The number of imidazole rings is 1. The molecule has 18 heavy (non-hydrogen) atoms. The number of nitrogens with zero attached hydrogens (tertiary/aromatic N) is 3. The lowest BCUT2D eigenvalue weighted by atomic mass is 10.1. The summed E-state index contributed by atoms with van der Waals surface area (Å²) < 4.78 is 2.07. The van der Waals surface area contributed by atoms with Crippen molar-refractivity contribution in [1.82, 2.24) is 14.5 Å². The van der Waals surface area contributed by atoms with Crippen molar-refractivity contribution in [3.8, 4) is 0 Å². The van der Waals surface area contributed by atoms with Gasteiger partial charge in [-0.15, -0.1) is 0 Å². The average Bonchev–Trinajstić information content (AvgIpc) is 3.00. The van der Waals surface area contributed by atoms with Crippen molar-refractivity contribution in [2.45, 2.75) is 19.4 Å². The van der Waals surface area contributed by atoms with E-state index >= 15 is 0 Å². The number of hydrogen-bond donors (Lipinski definition) is 1. The molecule has 1 N–H and O–H groups in total. The molecule has 96 valence electrons. The Bertz CT molecular complexity index is 534. The van der Waals surface area contributed by atoms with Crippen LogP contribution in [0, 0.1) is 5.92 Å². The molecule has 1 aliphatic heterocycles. The van der Waals surface area contributed by atoms with E-state index in [0.717, 1.165) is 29.3 Å². The van der Waals surface area contributed by atoms with Gasteiger partial charge in [-0.05, 0) is 36.0 Å². The minimum absolute atomic E-state index is 0.133. The molecule has 0 saturated carbocycles. The zero-order chi connectivity index (χ0) is 12.4. The first-order valence-corrected chi connectivity index (χ1v) is 7.52. The first kappa shape index (κ1) is 12.0. The van der Waals surface area contributed by atoms with Crippen molar-refractivity contribution in [3.05, 3.63) is 24.2 Å². The highest BCUT2D eigenvalue weighted by molar-refractivity contribution is 7.99. The zero-order valence-corrected chi connectivity index (χ0v) is 11.1. The first-order valence-electron chi connectivity index (χ1n) is 6.37. The van der Waals surface area contributed by atoms with E-state index in [9.17, 15) is 5.11 Å². The van der Waals surface area contributed by atoms with Crippen LogP contribution in [0.5, 0.6) is 0 Å². The minimum Gasteiger partial charge on any atom is -0.395 e. The van der Waals surface area contributed by atoms with E-state index in [4.69, 9.17) is 0 Å². The van der Waals surface area contributed by atoms with Crippen LogP contribution >= 0.6 is 11.8 Å². The molecule has 3 rings (SSSR count). The molecule has 2 aromatic rings. The maximum absolute atomic E-state index is 9.20. The Balaban J connectivity index is 1.95. The molecule has 1 unspecified atom stereocenters. The number of hydrogen-bond acceptors (Lipinski definition) is 4. The second-order valence-corrected chi connectivity index (χ2v) is 5.83. The van der Waals surface area contributed by atoms with Gasteiger partial charge in [0.05, 0.1) is 6.61 Å². The fourth-order valence-corrected chi connectivity index (χ4v) is 3.78. The van der Waals surface area contributed by atoms with Gasteiger partial charge in [-0.1, -0.05) is 0 Å². The number of rotatable bonds is 4. The van der Waals surface area contributed by atoms with Gasteiger partial charge in [0.15, 0.2) is 5.65 Å². The summed E-state index contributed by atoms with van der Waals surface area (Å²) >= 11 is 2.03. The molecule has 3 heterocycles. The van der Waals surface area contributed by atoms with Gasteiger partial charge in [0, 0.05) is 19.2 Å². The SMILES string of the molecule is OCCn1c(CC2CCSC2)nc2cccnc21. The van der Waals surface area contributed by atoms with Gasteiger partial charge in [0.2, 0.25) is 0 Å². The quantitative estimate of drug-likeness (QED) is 0.912. The summed E-state index contributed by atoms with van der Waals surface area (Å²) in [7, 11) is 0. The molecule has 0 aliphatic carbocycles. The van der Waals surface area contributed by atoms with E-state index in [1.165, 1.54) is 17.9 Å². The number of thioether (sulfide) groups is 1. The molecule has 1 fully saturated rings. The molecule has 2 aromatic heterocycles. The van der Waals surface area contributed by atoms with E-state index in [1.54, 1.807) is 6.20 Å². The molecule has 5 heteroatoms. The summed E-state index contributed by atoms with van der Waals surface area (Å²) in [6.45, 7) is 0.719. The second kappa shape index (κ2) is 5.28. The lowest BCUT2D eigenvalue weighted by Crippen LogP contribution is -2.12. The lowest BCUT2D eigenvalue weighted by molar-refractivity contribution is 0.275. The van der Waals surface area contributed by atoms with Crippen molar-refractivity contribution >= 4 is 22.9 Å². The molecule has 1 aliphatic rings. The molecule has 0 amide bonds. The third-order valence-electron chi connectivity index (χ3n) is 3.40. The van der Waals surface area contributed by atoms with E-state index < -0.39 is 0 Å². The van der Waals surface area contributed by atoms with Crippen molar-refractivity contribution in [1.29, 1.82) is 0 Å². The van der Waals surface area contributed by atoms with Crippen LogP contribution in [0.25, 0.3) is 11.2 Å². The van der Waals surface area contributed by atoms with Crippen LogP contribution in [-0.4, -0.2) is 37.8 Å². The summed E-state index contributed by atoms with van der Waals surface area (Å²) in [5.41, 5.74) is 1.83. The monoisotopic (exact) mass is 263 g/mol. The maximum Gasteiger partial charge on any atom is 0.160 e. The molecule has 0 bridgehead atoms. The molecule has 0 aromatic carbocycles. The Kier molecular flexibility index (Phi) is 3.52. The molecular formula is C13H17N3OS. The van der Waals surface area contributed by atoms with Crippen molar-refractivity contribution in [2.24, 2.45) is 5.92 Å². The largest absolute Gasteiger partial charge is 0.395 e. The Hall–Kier alpha value is -1.07. The van der Waals surface area contributed by atoms with E-state index in [-0.39, 0.29) is 6.61 Å². The van der Waals surface area contributed by atoms with Crippen LogP contribution < -0.4 is 0 Å². The molecule has 4 nitrogen and oxygen atoms in total. The van der Waals surface area contributed by atoms with Crippen LogP contribution in [0.15, 0.2) is 18.3 Å². The van der Waals surface area contributed by atoms with Gasteiger partial charge in [-0.3, -0.25) is 0 Å². The lowest BCUT2D eigenvalue weighted by Gasteiger charge is -2.10. The van der Waals surface area contributed by atoms with E-state index in [1.807, 2.05) is 23.9 Å². The van der Waals surface area contributed by atoms with Crippen molar-refractivity contribution in [3.63, 3.8) is 0 Å². The Labute approximate surface area is 110 Å². The fraction of sp³-hybridized carbons (Fsp3) is 0.538.